The Kier molecular flexibility index (Phi) is 5.63. The van der Waals surface area contributed by atoms with Gasteiger partial charge in [0.1, 0.15) is 21.3 Å². The Balaban J connectivity index is 1.67. The van der Waals surface area contributed by atoms with Gasteiger partial charge < -0.3 is 10.5 Å². The first-order valence-electron chi connectivity index (χ1n) is 9.82. The first-order chi connectivity index (χ1) is 15.2. The quantitative estimate of drug-likeness (QED) is 0.289. The zero-order chi connectivity index (χ0) is 21.2. The Morgan fingerprint density at radius 1 is 1.06 bits per heavy atom. The van der Waals surface area contributed by atoms with Gasteiger partial charge in [0.2, 0.25) is 0 Å². The number of nitrogen functional groups attached to an aromatic ring is 1. The van der Waals surface area contributed by atoms with Crippen LogP contribution in [0, 0.1) is 0 Å². The van der Waals surface area contributed by atoms with Gasteiger partial charge in [0.05, 0.1) is 16.5 Å². The van der Waals surface area contributed by atoms with Gasteiger partial charge >= 0.3 is 0 Å². The highest BCUT2D eigenvalue weighted by molar-refractivity contribution is 8.01. The van der Waals surface area contributed by atoms with Gasteiger partial charge in [-0.1, -0.05) is 42.1 Å². The van der Waals surface area contributed by atoms with Crippen molar-refractivity contribution in [1.82, 2.24) is 9.97 Å². The summed E-state index contributed by atoms with van der Waals surface area (Å²) in [6, 6.07) is 20.5. The molecule has 0 fully saturated rings. The van der Waals surface area contributed by atoms with Crippen molar-refractivity contribution in [3.8, 4) is 27.6 Å². The Labute approximate surface area is 192 Å². The number of benzene rings is 2. The summed E-state index contributed by atoms with van der Waals surface area (Å²) in [5.74, 6) is 0.857. The predicted molar refractivity (Wildman–Crippen MR) is 132 cm³/mol. The van der Waals surface area contributed by atoms with Gasteiger partial charge in [0.25, 0.3) is 0 Å². The van der Waals surface area contributed by atoms with E-state index in [0.29, 0.717) is 6.61 Å². The number of pyridine rings is 1. The minimum atomic E-state index is 0.643. The second kappa shape index (κ2) is 8.70. The van der Waals surface area contributed by atoms with Crippen LogP contribution >= 0.6 is 34.4 Å². The number of anilines is 1. The van der Waals surface area contributed by atoms with E-state index in [1.165, 1.54) is 0 Å². The van der Waals surface area contributed by atoms with Crippen LogP contribution in [-0.4, -0.2) is 16.6 Å². The SMILES string of the molecule is CCOc1ccc(-c2cc(-c3nccs3)nc3sc(Sc4ccccc4)c(N)c23)cc1. The summed E-state index contributed by atoms with van der Waals surface area (Å²) in [7, 11) is 0. The highest BCUT2D eigenvalue weighted by Gasteiger charge is 2.19. The van der Waals surface area contributed by atoms with Crippen LogP contribution in [0.5, 0.6) is 5.75 Å². The monoisotopic (exact) mass is 461 g/mol. The van der Waals surface area contributed by atoms with E-state index in [9.17, 15) is 0 Å². The normalized spacial score (nSPS) is 11.1. The molecule has 0 unspecified atom stereocenters. The zero-order valence-corrected chi connectivity index (χ0v) is 19.2. The topological polar surface area (TPSA) is 61.0 Å². The van der Waals surface area contributed by atoms with E-state index in [-0.39, 0.29) is 0 Å². The maximum absolute atomic E-state index is 6.68. The smallest absolute Gasteiger partial charge is 0.141 e. The molecule has 0 aliphatic carbocycles. The third-order valence-corrected chi connectivity index (χ3v) is 7.85. The van der Waals surface area contributed by atoms with Crippen LogP contribution in [0.25, 0.3) is 32.0 Å². The second-order valence-electron chi connectivity index (χ2n) is 6.75. The largest absolute Gasteiger partial charge is 0.494 e. The van der Waals surface area contributed by atoms with E-state index < -0.39 is 0 Å². The number of thiophene rings is 1. The van der Waals surface area contributed by atoms with Crippen molar-refractivity contribution >= 4 is 50.3 Å². The van der Waals surface area contributed by atoms with Gasteiger partial charge in [0, 0.05) is 21.9 Å². The molecule has 0 aliphatic heterocycles. The molecule has 0 saturated carbocycles. The fraction of sp³-hybridized carbons (Fsp3) is 0.0833. The van der Waals surface area contributed by atoms with Gasteiger partial charge in [-0.2, -0.15) is 0 Å². The molecule has 4 nitrogen and oxygen atoms in total. The number of fused-ring (bicyclic) bond motifs is 1. The highest BCUT2D eigenvalue weighted by Crippen LogP contribution is 2.47. The van der Waals surface area contributed by atoms with Crippen LogP contribution in [0.15, 0.2) is 81.3 Å². The lowest BCUT2D eigenvalue weighted by molar-refractivity contribution is 0.340. The van der Waals surface area contributed by atoms with Gasteiger partial charge in [-0.25, -0.2) is 9.97 Å². The second-order valence-corrected chi connectivity index (χ2v) is 9.98. The van der Waals surface area contributed by atoms with Crippen molar-refractivity contribution in [2.24, 2.45) is 0 Å². The van der Waals surface area contributed by atoms with Crippen molar-refractivity contribution < 1.29 is 4.74 Å². The molecule has 154 valence electrons. The molecule has 0 bridgehead atoms. The van der Waals surface area contributed by atoms with Crippen molar-refractivity contribution in [2.75, 3.05) is 12.3 Å². The van der Waals surface area contributed by atoms with Crippen LogP contribution in [0.1, 0.15) is 6.92 Å². The maximum Gasteiger partial charge on any atom is 0.141 e. The number of hydrogen-bond acceptors (Lipinski definition) is 7. The summed E-state index contributed by atoms with van der Waals surface area (Å²) in [6.07, 6.45) is 1.81. The molecule has 5 aromatic rings. The predicted octanol–water partition coefficient (Wildman–Crippen LogP) is 7.22. The first-order valence-corrected chi connectivity index (χ1v) is 12.3. The highest BCUT2D eigenvalue weighted by atomic mass is 32.2. The minimum absolute atomic E-state index is 0.643. The van der Waals surface area contributed by atoms with E-state index >= 15 is 0 Å². The molecule has 2 aromatic carbocycles. The Hall–Kier alpha value is -2.87. The molecule has 7 heteroatoms. The molecule has 2 N–H and O–H groups in total. The lowest BCUT2D eigenvalue weighted by Crippen LogP contribution is -1.92. The maximum atomic E-state index is 6.68. The number of nitrogens with zero attached hydrogens (tertiary/aromatic N) is 2. The summed E-state index contributed by atoms with van der Waals surface area (Å²) in [6.45, 7) is 2.63. The molecule has 3 heterocycles. The van der Waals surface area contributed by atoms with E-state index in [1.807, 2.05) is 48.8 Å². The van der Waals surface area contributed by atoms with Crippen LogP contribution in [-0.2, 0) is 0 Å². The fourth-order valence-electron chi connectivity index (χ4n) is 3.36. The summed E-state index contributed by atoms with van der Waals surface area (Å²) in [5.41, 5.74) is 10.5. The first kappa shape index (κ1) is 20.1. The summed E-state index contributed by atoms with van der Waals surface area (Å²) in [5, 5.41) is 3.86. The molecule has 5 rings (SSSR count). The number of nitrogens with two attached hydrogens (primary N) is 1. The van der Waals surface area contributed by atoms with Crippen LogP contribution in [0.2, 0.25) is 0 Å². The van der Waals surface area contributed by atoms with E-state index in [4.69, 9.17) is 15.5 Å². The lowest BCUT2D eigenvalue weighted by atomic mass is 10.0. The average Bonchev–Trinajstić information content (AvgIpc) is 3.44. The van der Waals surface area contributed by atoms with E-state index in [1.54, 1.807) is 34.4 Å². The molecule has 0 radical (unpaired) electrons. The van der Waals surface area contributed by atoms with Gasteiger partial charge in [-0.05, 0) is 48.4 Å². The van der Waals surface area contributed by atoms with Crippen LogP contribution in [0.4, 0.5) is 5.69 Å². The van der Waals surface area contributed by atoms with E-state index in [0.717, 1.165) is 52.6 Å². The number of aromatic nitrogens is 2. The van der Waals surface area contributed by atoms with Crippen LogP contribution in [0.3, 0.4) is 0 Å². The molecule has 0 saturated heterocycles. The molecule has 0 aliphatic rings. The van der Waals surface area contributed by atoms with E-state index in [2.05, 4.69) is 35.3 Å². The third kappa shape index (κ3) is 4.04. The molecular formula is C24H19N3OS3. The molecule has 0 spiro atoms. The summed E-state index contributed by atoms with van der Waals surface area (Å²) in [4.78, 5) is 11.5. The minimum Gasteiger partial charge on any atom is -0.494 e. The fourth-order valence-corrected chi connectivity index (χ4v) is 6.22. The zero-order valence-electron chi connectivity index (χ0n) is 16.7. The molecule has 31 heavy (non-hydrogen) atoms. The third-order valence-electron chi connectivity index (χ3n) is 4.75. The van der Waals surface area contributed by atoms with Crippen molar-refractivity contribution in [3.05, 3.63) is 72.2 Å². The van der Waals surface area contributed by atoms with Gasteiger partial charge in [-0.3, -0.25) is 0 Å². The van der Waals surface area contributed by atoms with Crippen LogP contribution < -0.4 is 10.5 Å². The van der Waals surface area contributed by atoms with Gasteiger partial charge in [-0.15, -0.1) is 22.7 Å². The summed E-state index contributed by atoms with van der Waals surface area (Å²) < 4.78 is 6.67. The Morgan fingerprint density at radius 2 is 1.87 bits per heavy atom. The van der Waals surface area contributed by atoms with Crippen molar-refractivity contribution in [2.45, 2.75) is 16.0 Å². The number of rotatable bonds is 6. The number of thiazole rings is 1. The summed E-state index contributed by atoms with van der Waals surface area (Å²) >= 11 is 4.89. The molecular weight excluding hydrogens is 442 g/mol. The Morgan fingerprint density at radius 3 is 2.58 bits per heavy atom. The molecule has 3 aromatic heterocycles. The standard InChI is InChI=1S/C24H19N3OS3/c1-2-28-16-10-8-15(9-11-16)18-14-19(22-26-12-13-29-22)27-23-20(18)21(25)24(31-23)30-17-6-4-3-5-7-17/h3-14H,2,25H2,1H3. The van der Waals surface area contributed by atoms with Gasteiger partial charge in [0.15, 0.2) is 0 Å². The van der Waals surface area contributed by atoms with Crippen molar-refractivity contribution in [1.29, 1.82) is 0 Å². The molecule has 0 atom stereocenters. The average molecular weight is 462 g/mol. The molecule has 0 amide bonds. The van der Waals surface area contributed by atoms with Crippen molar-refractivity contribution in [3.63, 3.8) is 0 Å². The number of hydrogen-bond donors (Lipinski definition) is 1. The Bertz CT molecular complexity index is 1310. The number of ether oxygens (including phenoxy) is 1. The lowest BCUT2D eigenvalue weighted by Gasteiger charge is -2.09.